The summed E-state index contributed by atoms with van der Waals surface area (Å²) in [6, 6.07) is 16.9. The Balaban J connectivity index is 1.76. The fourth-order valence-corrected chi connectivity index (χ4v) is 5.24. The third-order valence-electron chi connectivity index (χ3n) is 6.24. The molecule has 1 saturated heterocycles. The molecule has 0 unspecified atom stereocenters. The first-order valence-electron chi connectivity index (χ1n) is 12.0. The predicted octanol–water partition coefficient (Wildman–Crippen LogP) is 5.40. The van der Waals surface area contributed by atoms with Crippen LogP contribution in [0.2, 0.25) is 0 Å². The lowest BCUT2D eigenvalue weighted by atomic mass is 9.95. The zero-order valence-electron chi connectivity index (χ0n) is 20.0. The second kappa shape index (κ2) is 11.8. The van der Waals surface area contributed by atoms with Gasteiger partial charge in [0.25, 0.3) is 0 Å². The van der Waals surface area contributed by atoms with Gasteiger partial charge in [0.05, 0.1) is 5.56 Å². The molecule has 1 aromatic carbocycles. The van der Waals surface area contributed by atoms with Gasteiger partial charge in [0, 0.05) is 42.9 Å². The lowest BCUT2D eigenvalue weighted by Crippen LogP contribution is -2.21. The van der Waals surface area contributed by atoms with Crippen molar-refractivity contribution in [2.75, 3.05) is 24.6 Å². The molecule has 2 aromatic heterocycles. The number of aliphatic hydroxyl groups is 1. The van der Waals surface area contributed by atoms with Gasteiger partial charge in [-0.2, -0.15) is 10.5 Å². The van der Waals surface area contributed by atoms with Gasteiger partial charge in [0.1, 0.15) is 28.5 Å². The molecular weight excluding hydrogens is 454 g/mol. The highest BCUT2D eigenvalue weighted by molar-refractivity contribution is 7.98. The van der Waals surface area contributed by atoms with Gasteiger partial charge < -0.3 is 10.0 Å². The van der Waals surface area contributed by atoms with E-state index in [4.69, 9.17) is 10.1 Å². The van der Waals surface area contributed by atoms with E-state index in [1.807, 2.05) is 37.4 Å². The first-order valence-corrected chi connectivity index (χ1v) is 13.0. The highest BCUT2D eigenvalue weighted by Gasteiger charge is 2.26. The monoisotopic (exact) mass is 483 g/mol. The number of benzene rings is 1. The summed E-state index contributed by atoms with van der Waals surface area (Å²) < 4.78 is 0. The average Bonchev–Trinajstić information content (AvgIpc) is 3.43. The first-order chi connectivity index (χ1) is 17.1. The van der Waals surface area contributed by atoms with Crippen molar-refractivity contribution in [3.05, 3.63) is 70.5 Å². The third-order valence-corrected chi connectivity index (χ3v) is 7.28. The second-order valence-electron chi connectivity index (χ2n) is 8.76. The van der Waals surface area contributed by atoms with Crippen LogP contribution in [0.1, 0.15) is 53.6 Å². The molecule has 4 rings (SSSR count). The van der Waals surface area contributed by atoms with Crippen molar-refractivity contribution in [1.29, 1.82) is 10.5 Å². The minimum Gasteiger partial charge on any atom is -0.396 e. The van der Waals surface area contributed by atoms with Crippen LogP contribution in [0, 0.1) is 29.6 Å². The number of rotatable bonds is 9. The molecule has 0 amide bonds. The number of hydrogen-bond donors (Lipinski definition) is 1. The van der Waals surface area contributed by atoms with Gasteiger partial charge in [-0.15, -0.1) is 11.8 Å². The average molecular weight is 484 g/mol. The normalized spacial score (nSPS) is 13.0. The quantitative estimate of drug-likeness (QED) is 0.321. The molecule has 0 atom stereocenters. The van der Waals surface area contributed by atoms with E-state index in [9.17, 15) is 10.5 Å². The van der Waals surface area contributed by atoms with Gasteiger partial charge in [0.15, 0.2) is 0 Å². The number of thioether (sulfide) groups is 1. The van der Waals surface area contributed by atoms with Crippen LogP contribution >= 0.6 is 11.8 Å². The van der Waals surface area contributed by atoms with Crippen molar-refractivity contribution in [2.45, 2.75) is 49.8 Å². The summed E-state index contributed by atoms with van der Waals surface area (Å²) in [5.74, 6) is 1.32. The molecule has 1 N–H and O–H groups in total. The van der Waals surface area contributed by atoms with Crippen LogP contribution in [-0.2, 0) is 12.2 Å². The smallest absolute Gasteiger partial charge is 0.148 e. The van der Waals surface area contributed by atoms with E-state index < -0.39 is 0 Å². The largest absolute Gasteiger partial charge is 0.396 e. The maximum Gasteiger partial charge on any atom is 0.148 e. The lowest BCUT2D eigenvalue weighted by molar-refractivity contribution is 0.284. The summed E-state index contributed by atoms with van der Waals surface area (Å²) in [6.45, 7) is 3.88. The van der Waals surface area contributed by atoms with Crippen molar-refractivity contribution in [1.82, 2.24) is 9.97 Å². The summed E-state index contributed by atoms with van der Waals surface area (Å²) in [5.41, 5.74) is 5.64. The zero-order chi connectivity index (χ0) is 24.6. The molecule has 0 bridgehead atoms. The third kappa shape index (κ3) is 5.82. The number of aliphatic hydroxyl groups excluding tert-OH is 1. The molecule has 0 aliphatic carbocycles. The molecule has 3 aromatic rings. The number of unbranched alkanes of at least 4 members (excludes halogenated alkanes) is 1. The molecule has 0 saturated carbocycles. The minimum absolute atomic E-state index is 0.199. The topological polar surface area (TPSA) is 96.8 Å². The Morgan fingerprint density at radius 3 is 2.31 bits per heavy atom. The highest BCUT2D eigenvalue weighted by Crippen LogP contribution is 2.39. The van der Waals surface area contributed by atoms with Gasteiger partial charge >= 0.3 is 0 Å². The Morgan fingerprint density at radius 2 is 1.69 bits per heavy atom. The summed E-state index contributed by atoms with van der Waals surface area (Å²) in [7, 11) is 0. The van der Waals surface area contributed by atoms with Gasteiger partial charge in [-0.1, -0.05) is 30.3 Å². The summed E-state index contributed by atoms with van der Waals surface area (Å²) in [4.78, 5) is 11.4. The number of aromatic nitrogens is 2. The minimum atomic E-state index is 0.199. The molecular formula is C28H29N5OS. The van der Waals surface area contributed by atoms with Gasteiger partial charge in [0.2, 0.25) is 0 Å². The van der Waals surface area contributed by atoms with Crippen LogP contribution in [-0.4, -0.2) is 34.8 Å². The molecule has 3 heterocycles. The van der Waals surface area contributed by atoms with Gasteiger partial charge in [-0.05, 0) is 61.8 Å². The molecule has 0 radical (unpaired) electrons. The maximum absolute atomic E-state index is 10.2. The number of pyridine rings is 2. The van der Waals surface area contributed by atoms with Crippen LogP contribution in [0.25, 0.3) is 11.1 Å². The zero-order valence-corrected chi connectivity index (χ0v) is 20.8. The molecule has 1 aliphatic heterocycles. The van der Waals surface area contributed by atoms with Crippen LogP contribution in [0.15, 0.2) is 47.6 Å². The second-order valence-corrected chi connectivity index (χ2v) is 9.72. The van der Waals surface area contributed by atoms with Crippen LogP contribution in [0.5, 0.6) is 0 Å². The molecule has 1 aliphatic rings. The summed E-state index contributed by atoms with van der Waals surface area (Å²) >= 11 is 1.51. The Bertz CT molecular complexity index is 1240. The van der Waals surface area contributed by atoms with E-state index in [0.29, 0.717) is 33.3 Å². The molecule has 0 spiro atoms. The fourth-order valence-electron chi connectivity index (χ4n) is 4.33. The number of aryl methyl sites for hydroxylation is 2. The van der Waals surface area contributed by atoms with Crippen LogP contribution < -0.4 is 4.90 Å². The van der Waals surface area contributed by atoms with Crippen molar-refractivity contribution >= 4 is 17.6 Å². The predicted molar refractivity (Wildman–Crippen MR) is 139 cm³/mol. The fraction of sp³-hybridized carbons (Fsp3) is 0.357. The Morgan fingerprint density at radius 1 is 0.971 bits per heavy atom. The number of nitrogens with zero attached hydrogens (tertiary/aromatic N) is 5. The maximum atomic E-state index is 10.2. The number of anilines is 1. The van der Waals surface area contributed by atoms with E-state index in [1.54, 1.807) is 0 Å². The number of nitriles is 2. The molecule has 1 fully saturated rings. The van der Waals surface area contributed by atoms with Crippen molar-refractivity contribution in [3.63, 3.8) is 0 Å². The Labute approximate surface area is 211 Å². The van der Waals surface area contributed by atoms with E-state index >= 15 is 0 Å². The van der Waals surface area contributed by atoms with E-state index in [2.05, 4.69) is 34.2 Å². The number of hydrogen-bond acceptors (Lipinski definition) is 7. The summed E-state index contributed by atoms with van der Waals surface area (Å²) in [6.07, 6.45) is 6.59. The van der Waals surface area contributed by atoms with Gasteiger partial charge in [-0.25, -0.2) is 4.98 Å². The van der Waals surface area contributed by atoms with Crippen LogP contribution in [0.4, 0.5) is 5.82 Å². The van der Waals surface area contributed by atoms with E-state index in [0.717, 1.165) is 62.0 Å². The SMILES string of the molecule is Cc1ccc(CSc2nc(N3CCCC3)c(C#N)c(-c3ccc(CCCCO)cc3)c2C#N)cn1. The lowest BCUT2D eigenvalue weighted by Gasteiger charge is -2.22. The van der Waals surface area contributed by atoms with Crippen molar-refractivity contribution in [3.8, 4) is 23.3 Å². The standard InChI is InChI=1S/C28H29N5OS/c1-20-7-8-22(18-31-20)19-35-28-25(17-30)26(23-11-9-21(10-12-23)6-2-5-15-34)24(16-29)27(32-28)33-13-3-4-14-33/h7-12,18,34H,2-6,13-15,19H2,1H3. The van der Waals surface area contributed by atoms with Crippen LogP contribution in [0.3, 0.4) is 0 Å². The Kier molecular flexibility index (Phi) is 8.36. The van der Waals surface area contributed by atoms with E-state index in [1.165, 1.54) is 17.3 Å². The molecule has 7 heteroatoms. The van der Waals surface area contributed by atoms with Crippen molar-refractivity contribution < 1.29 is 5.11 Å². The highest BCUT2D eigenvalue weighted by atomic mass is 32.2. The van der Waals surface area contributed by atoms with Gasteiger partial charge in [-0.3, -0.25) is 4.98 Å². The molecule has 35 heavy (non-hydrogen) atoms. The molecule has 6 nitrogen and oxygen atoms in total. The molecule has 178 valence electrons. The van der Waals surface area contributed by atoms with Crippen molar-refractivity contribution in [2.24, 2.45) is 0 Å². The first kappa shape index (κ1) is 24.7. The summed E-state index contributed by atoms with van der Waals surface area (Å²) in [5, 5.41) is 30.1. The Hall–Kier alpha value is -3.39. The van der Waals surface area contributed by atoms with E-state index in [-0.39, 0.29) is 6.61 Å².